The first-order chi connectivity index (χ1) is 13.8. The zero-order valence-electron chi connectivity index (χ0n) is 15.9. The van der Waals surface area contributed by atoms with Gasteiger partial charge in [0.05, 0.1) is 31.8 Å². The number of amides is 1. The van der Waals surface area contributed by atoms with Crippen molar-refractivity contribution in [3.05, 3.63) is 71.8 Å². The van der Waals surface area contributed by atoms with Gasteiger partial charge in [-0.2, -0.15) is 0 Å². The van der Waals surface area contributed by atoms with Crippen molar-refractivity contribution in [2.75, 3.05) is 32.9 Å². The van der Waals surface area contributed by atoms with Gasteiger partial charge in [0.25, 0.3) is 0 Å². The van der Waals surface area contributed by atoms with Crippen molar-refractivity contribution < 1.29 is 14.6 Å². The molecule has 28 heavy (non-hydrogen) atoms. The van der Waals surface area contributed by atoms with E-state index in [4.69, 9.17) is 4.74 Å². The predicted molar refractivity (Wildman–Crippen MR) is 108 cm³/mol. The van der Waals surface area contributed by atoms with E-state index in [9.17, 15) is 9.90 Å². The Kier molecular flexibility index (Phi) is 5.84. The fourth-order valence-corrected chi connectivity index (χ4v) is 4.05. The lowest BCUT2D eigenvalue weighted by Gasteiger charge is -2.27. The van der Waals surface area contributed by atoms with Crippen LogP contribution >= 0.6 is 0 Å². The fraction of sp³-hybridized carbons (Fsp3) is 0.391. The Bertz CT molecular complexity index is 803. The van der Waals surface area contributed by atoms with Crippen LogP contribution in [-0.2, 0) is 9.53 Å². The molecular weight excluding hydrogens is 352 g/mol. The number of aliphatic hydroxyl groups excluding tert-OH is 1. The van der Waals surface area contributed by atoms with Gasteiger partial charge in [-0.05, 0) is 11.1 Å². The molecule has 0 aromatic heterocycles. The van der Waals surface area contributed by atoms with Crippen LogP contribution in [-0.4, -0.2) is 55.0 Å². The SMILES string of the molecule is O=C([C@@H]1[C@H](C=N[C@@H](CO)c2ccccc2)[C@H]1c1ccccc1)N1CCOCC1. The van der Waals surface area contributed by atoms with Crippen LogP contribution in [0, 0.1) is 11.8 Å². The van der Waals surface area contributed by atoms with Gasteiger partial charge in [0, 0.05) is 31.1 Å². The smallest absolute Gasteiger partial charge is 0.227 e. The van der Waals surface area contributed by atoms with Crippen LogP contribution in [0.4, 0.5) is 0 Å². The summed E-state index contributed by atoms with van der Waals surface area (Å²) in [4.78, 5) is 19.7. The second-order valence-corrected chi connectivity index (χ2v) is 7.38. The molecule has 1 saturated carbocycles. The minimum absolute atomic E-state index is 0.0503. The van der Waals surface area contributed by atoms with E-state index >= 15 is 0 Å². The van der Waals surface area contributed by atoms with Crippen LogP contribution in [0.3, 0.4) is 0 Å². The molecule has 146 valence electrons. The monoisotopic (exact) mass is 378 g/mol. The molecule has 0 radical (unpaired) electrons. The molecule has 0 spiro atoms. The first-order valence-corrected chi connectivity index (χ1v) is 9.90. The molecule has 1 N–H and O–H groups in total. The van der Waals surface area contributed by atoms with E-state index in [-0.39, 0.29) is 36.3 Å². The summed E-state index contributed by atoms with van der Waals surface area (Å²) in [7, 11) is 0. The Morgan fingerprint density at radius 2 is 1.75 bits per heavy atom. The topological polar surface area (TPSA) is 62.1 Å². The fourth-order valence-electron chi connectivity index (χ4n) is 4.05. The van der Waals surface area contributed by atoms with Gasteiger partial charge < -0.3 is 14.7 Å². The van der Waals surface area contributed by atoms with E-state index in [0.717, 1.165) is 5.56 Å². The summed E-state index contributed by atoms with van der Waals surface area (Å²) in [5.74, 6) is 0.319. The molecule has 5 heteroatoms. The number of carbonyl (C=O) groups is 1. The maximum absolute atomic E-state index is 13.1. The van der Waals surface area contributed by atoms with Crippen LogP contribution in [0.1, 0.15) is 23.1 Å². The van der Waals surface area contributed by atoms with Gasteiger partial charge in [0.2, 0.25) is 5.91 Å². The summed E-state index contributed by atoms with van der Waals surface area (Å²) < 4.78 is 5.38. The average Bonchev–Trinajstić information content (AvgIpc) is 3.50. The van der Waals surface area contributed by atoms with Crippen molar-refractivity contribution in [3.63, 3.8) is 0 Å². The lowest BCUT2D eigenvalue weighted by atomic mass is 10.1. The summed E-state index contributed by atoms with van der Waals surface area (Å²) in [5, 5.41) is 9.77. The molecule has 2 aromatic carbocycles. The predicted octanol–water partition coefficient (Wildman–Crippen LogP) is 2.68. The number of nitrogens with zero attached hydrogens (tertiary/aromatic N) is 2. The number of morpholine rings is 1. The number of benzene rings is 2. The molecular formula is C23H26N2O3. The molecule has 5 nitrogen and oxygen atoms in total. The van der Waals surface area contributed by atoms with Gasteiger partial charge >= 0.3 is 0 Å². The quantitative estimate of drug-likeness (QED) is 0.786. The van der Waals surface area contributed by atoms with Gasteiger partial charge in [0.1, 0.15) is 0 Å². The third-order valence-electron chi connectivity index (χ3n) is 5.66. The normalized spacial score (nSPS) is 25.6. The molecule has 2 aliphatic rings. The molecule has 1 aliphatic heterocycles. The summed E-state index contributed by atoms with van der Waals surface area (Å²) in [5.41, 5.74) is 2.15. The molecule has 4 atom stereocenters. The van der Waals surface area contributed by atoms with Crippen molar-refractivity contribution in [2.45, 2.75) is 12.0 Å². The van der Waals surface area contributed by atoms with Crippen LogP contribution in [0.25, 0.3) is 0 Å². The highest BCUT2D eigenvalue weighted by Crippen LogP contribution is 2.54. The zero-order valence-corrected chi connectivity index (χ0v) is 15.9. The Morgan fingerprint density at radius 3 is 2.39 bits per heavy atom. The molecule has 4 rings (SSSR count). The molecule has 2 fully saturated rings. The minimum Gasteiger partial charge on any atom is -0.394 e. The standard InChI is InChI=1S/C23H26N2O3/c26-16-20(17-7-3-1-4-8-17)24-15-19-21(18-9-5-2-6-10-18)22(19)23(27)25-11-13-28-14-12-25/h1-10,15,19-22,26H,11-14,16H2/t19-,20+,21-,22-/m1/s1. The number of aliphatic hydroxyl groups is 1. The first kappa shape index (κ1) is 18.8. The molecule has 0 unspecified atom stereocenters. The van der Waals surface area contributed by atoms with Gasteiger partial charge in [-0.1, -0.05) is 60.7 Å². The van der Waals surface area contributed by atoms with Crippen LogP contribution in [0.2, 0.25) is 0 Å². The van der Waals surface area contributed by atoms with Crippen LogP contribution in [0.5, 0.6) is 0 Å². The number of carbonyl (C=O) groups excluding carboxylic acids is 1. The lowest BCUT2D eigenvalue weighted by Crippen LogP contribution is -2.42. The van der Waals surface area contributed by atoms with E-state index in [2.05, 4.69) is 17.1 Å². The Hall–Kier alpha value is -2.50. The Labute approximate surface area is 165 Å². The highest BCUT2D eigenvalue weighted by molar-refractivity contribution is 5.90. The van der Waals surface area contributed by atoms with Gasteiger partial charge in [0.15, 0.2) is 0 Å². The summed E-state index contributed by atoms with van der Waals surface area (Å²) in [6.45, 7) is 2.47. The second kappa shape index (κ2) is 8.67. The number of rotatable bonds is 6. The van der Waals surface area contributed by atoms with Gasteiger partial charge in [-0.15, -0.1) is 0 Å². The molecule has 1 heterocycles. The van der Waals surface area contributed by atoms with Crippen molar-refractivity contribution in [1.29, 1.82) is 0 Å². The molecule has 1 aliphatic carbocycles. The number of aliphatic imine (C=N–C) groups is 1. The van der Waals surface area contributed by atoms with Gasteiger partial charge in [-0.25, -0.2) is 0 Å². The van der Waals surface area contributed by atoms with Gasteiger partial charge in [-0.3, -0.25) is 9.79 Å². The summed E-state index contributed by atoms with van der Waals surface area (Å²) >= 11 is 0. The van der Waals surface area contributed by atoms with Crippen molar-refractivity contribution in [2.24, 2.45) is 16.8 Å². The second-order valence-electron chi connectivity index (χ2n) is 7.38. The third kappa shape index (κ3) is 4.01. The van der Waals surface area contributed by atoms with Crippen molar-refractivity contribution in [1.82, 2.24) is 4.90 Å². The highest BCUT2D eigenvalue weighted by Gasteiger charge is 2.55. The Morgan fingerprint density at radius 1 is 1.11 bits per heavy atom. The van der Waals surface area contributed by atoms with E-state index in [1.807, 2.05) is 59.6 Å². The van der Waals surface area contributed by atoms with Crippen LogP contribution in [0.15, 0.2) is 65.7 Å². The van der Waals surface area contributed by atoms with E-state index < -0.39 is 0 Å². The molecule has 0 bridgehead atoms. The van der Waals surface area contributed by atoms with E-state index in [1.165, 1.54) is 5.56 Å². The number of ether oxygens (including phenoxy) is 1. The minimum atomic E-state index is -0.294. The maximum atomic E-state index is 13.1. The van der Waals surface area contributed by atoms with Crippen molar-refractivity contribution >= 4 is 12.1 Å². The largest absolute Gasteiger partial charge is 0.394 e. The number of hydrogen-bond donors (Lipinski definition) is 1. The van der Waals surface area contributed by atoms with E-state index in [0.29, 0.717) is 26.3 Å². The summed E-state index contributed by atoms with van der Waals surface area (Å²) in [6.07, 6.45) is 1.90. The number of hydrogen-bond acceptors (Lipinski definition) is 4. The third-order valence-corrected chi connectivity index (χ3v) is 5.66. The Balaban J connectivity index is 1.53. The first-order valence-electron chi connectivity index (χ1n) is 9.90. The maximum Gasteiger partial charge on any atom is 0.227 e. The highest BCUT2D eigenvalue weighted by atomic mass is 16.5. The van der Waals surface area contributed by atoms with E-state index in [1.54, 1.807) is 0 Å². The summed E-state index contributed by atoms with van der Waals surface area (Å²) in [6, 6.07) is 19.7. The van der Waals surface area contributed by atoms with Crippen LogP contribution < -0.4 is 0 Å². The van der Waals surface area contributed by atoms with Crippen molar-refractivity contribution in [3.8, 4) is 0 Å². The molecule has 2 aromatic rings. The molecule has 1 saturated heterocycles. The average molecular weight is 378 g/mol. The zero-order chi connectivity index (χ0) is 19.3. The molecule has 1 amide bonds. The lowest BCUT2D eigenvalue weighted by molar-refractivity contribution is -0.136.